The Labute approximate surface area is 285 Å². The van der Waals surface area contributed by atoms with Gasteiger partial charge in [0, 0.05) is 27.4 Å². The number of nitrogens with zero attached hydrogens (tertiary/aromatic N) is 1. The van der Waals surface area contributed by atoms with E-state index in [-0.39, 0.29) is 0 Å². The minimum absolute atomic E-state index is 0.659. The quantitative estimate of drug-likeness (QED) is 0.189. The lowest BCUT2D eigenvalue weighted by molar-refractivity contribution is 0.667. The molecule has 1 aliphatic carbocycles. The Kier molecular flexibility index (Phi) is 6.13. The van der Waals surface area contributed by atoms with Crippen molar-refractivity contribution in [3.05, 3.63) is 210 Å². The predicted octanol–water partition coefficient (Wildman–Crippen LogP) is 12.6. The predicted molar refractivity (Wildman–Crippen MR) is 203 cm³/mol. The molecule has 2 heteroatoms. The maximum Gasteiger partial charge on any atom is 0.135 e. The Bertz CT molecular complexity index is 2620. The maximum atomic E-state index is 6.71. The van der Waals surface area contributed by atoms with Gasteiger partial charge in [0.2, 0.25) is 0 Å². The van der Waals surface area contributed by atoms with Crippen molar-refractivity contribution in [1.82, 2.24) is 0 Å². The average Bonchev–Trinajstić information content (AvgIpc) is 3.70. The summed E-state index contributed by atoms with van der Waals surface area (Å²) in [6.45, 7) is 0. The zero-order valence-electron chi connectivity index (χ0n) is 26.8. The molecule has 0 unspecified atom stereocenters. The fraction of sp³-hybridized carbons (Fsp3) is 0.0213. The molecule has 1 aliphatic rings. The van der Waals surface area contributed by atoms with Crippen LogP contribution in [0.15, 0.2) is 192 Å². The van der Waals surface area contributed by atoms with Crippen molar-refractivity contribution < 1.29 is 4.42 Å². The Hall–Kier alpha value is -6.38. The van der Waals surface area contributed by atoms with Crippen LogP contribution in [-0.4, -0.2) is 0 Å². The fourth-order valence-electron chi connectivity index (χ4n) is 8.41. The van der Waals surface area contributed by atoms with Crippen LogP contribution in [0.4, 0.5) is 17.1 Å². The van der Waals surface area contributed by atoms with Gasteiger partial charge >= 0.3 is 0 Å². The van der Waals surface area contributed by atoms with Gasteiger partial charge in [-0.25, -0.2) is 0 Å². The van der Waals surface area contributed by atoms with Crippen LogP contribution >= 0.6 is 0 Å². The molecule has 1 aromatic heterocycles. The largest absolute Gasteiger partial charge is 0.456 e. The summed E-state index contributed by atoms with van der Waals surface area (Å²) in [5.74, 6) is 0. The van der Waals surface area contributed by atoms with Crippen molar-refractivity contribution in [3.8, 4) is 11.1 Å². The lowest BCUT2D eigenvalue weighted by atomic mass is 9.66. The van der Waals surface area contributed by atoms with Gasteiger partial charge in [0.05, 0.1) is 16.8 Å². The van der Waals surface area contributed by atoms with Crippen molar-refractivity contribution in [3.63, 3.8) is 0 Å². The lowest BCUT2D eigenvalue weighted by Gasteiger charge is -2.39. The van der Waals surface area contributed by atoms with Crippen LogP contribution in [0.1, 0.15) is 22.3 Å². The van der Waals surface area contributed by atoms with Gasteiger partial charge in [0.1, 0.15) is 11.2 Å². The molecule has 9 aromatic rings. The van der Waals surface area contributed by atoms with Crippen LogP contribution in [0.5, 0.6) is 0 Å². The van der Waals surface area contributed by atoms with Gasteiger partial charge in [0.25, 0.3) is 0 Å². The van der Waals surface area contributed by atoms with E-state index < -0.39 is 5.41 Å². The van der Waals surface area contributed by atoms with Gasteiger partial charge in [-0.3, -0.25) is 0 Å². The van der Waals surface area contributed by atoms with Crippen LogP contribution in [0, 0.1) is 0 Å². The van der Waals surface area contributed by atoms with E-state index in [2.05, 4.69) is 193 Å². The van der Waals surface area contributed by atoms with Gasteiger partial charge in [0.15, 0.2) is 0 Å². The van der Waals surface area contributed by atoms with Crippen LogP contribution in [0.25, 0.3) is 43.8 Å². The van der Waals surface area contributed by atoms with E-state index in [1.54, 1.807) is 0 Å². The van der Waals surface area contributed by atoms with Crippen molar-refractivity contribution in [1.29, 1.82) is 0 Å². The van der Waals surface area contributed by atoms with Crippen LogP contribution in [0.2, 0.25) is 0 Å². The van der Waals surface area contributed by atoms with Crippen LogP contribution < -0.4 is 4.90 Å². The maximum absolute atomic E-state index is 6.71. The van der Waals surface area contributed by atoms with E-state index in [0.29, 0.717) is 0 Å². The molecule has 0 saturated carbocycles. The molecule has 0 amide bonds. The highest BCUT2D eigenvalue weighted by Crippen LogP contribution is 2.61. The zero-order valence-corrected chi connectivity index (χ0v) is 26.8. The number of anilines is 3. The number of para-hydroxylation sites is 2. The van der Waals surface area contributed by atoms with Crippen LogP contribution in [0.3, 0.4) is 0 Å². The molecule has 230 valence electrons. The lowest BCUT2D eigenvalue weighted by Crippen LogP contribution is -2.31. The smallest absolute Gasteiger partial charge is 0.135 e. The summed E-state index contributed by atoms with van der Waals surface area (Å²) in [5.41, 5.74) is 11.9. The third kappa shape index (κ3) is 3.95. The highest BCUT2D eigenvalue weighted by Gasteiger charge is 2.49. The summed E-state index contributed by atoms with van der Waals surface area (Å²) in [6.07, 6.45) is 0. The van der Waals surface area contributed by atoms with Gasteiger partial charge in [-0.05, 0) is 69.6 Å². The summed E-state index contributed by atoms with van der Waals surface area (Å²) in [6, 6.07) is 68.0. The standard InChI is InChI=1S/C47H31NO/c1-3-18-33(19-4-1)47(39-26-12-9-23-36(39)37-24-10-13-27-40(37)47)46-42(30-31-44-45(46)38-25-11-14-29-43(38)49-44)48(34-20-5-2-6-21-34)41-28-15-17-32-16-7-8-22-35(32)41/h1-31H. The summed E-state index contributed by atoms with van der Waals surface area (Å²) >= 11 is 0. The van der Waals surface area contributed by atoms with E-state index in [4.69, 9.17) is 4.42 Å². The highest BCUT2D eigenvalue weighted by molar-refractivity contribution is 6.12. The highest BCUT2D eigenvalue weighted by atomic mass is 16.3. The second-order valence-electron chi connectivity index (χ2n) is 12.8. The molecule has 0 fully saturated rings. The van der Waals surface area contributed by atoms with E-state index in [1.807, 2.05) is 0 Å². The van der Waals surface area contributed by atoms with Gasteiger partial charge in [-0.15, -0.1) is 0 Å². The molecule has 0 spiro atoms. The molecule has 49 heavy (non-hydrogen) atoms. The van der Waals surface area contributed by atoms with E-state index in [0.717, 1.165) is 39.0 Å². The first-order valence-electron chi connectivity index (χ1n) is 16.9. The first kappa shape index (κ1) is 27.7. The number of hydrogen-bond donors (Lipinski definition) is 0. The summed E-state index contributed by atoms with van der Waals surface area (Å²) in [7, 11) is 0. The number of hydrogen-bond acceptors (Lipinski definition) is 2. The molecule has 0 N–H and O–H groups in total. The Morgan fingerprint density at radius 2 is 1.00 bits per heavy atom. The third-order valence-electron chi connectivity index (χ3n) is 10.3. The normalized spacial score (nSPS) is 13.1. The van der Waals surface area contributed by atoms with Crippen LogP contribution in [-0.2, 0) is 5.41 Å². The van der Waals surface area contributed by atoms with Crippen molar-refractivity contribution >= 4 is 49.8 Å². The Morgan fingerprint density at radius 3 is 1.76 bits per heavy atom. The second-order valence-corrected chi connectivity index (χ2v) is 12.8. The van der Waals surface area contributed by atoms with Crippen molar-refractivity contribution in [2.45, 2.75) is 5.41 Å². The summed E-state index contributed by atoms with van der Waals surface area (Å²) in [4.78, 5) is 2.47. The minimum atomic E-state index is -0.659. The van der Waals surface area contributed by atoms with Crippen molar-refractivity contribution in [2.24, 2.45) is 0 Å². The molecule has 0 atom stereocenters. The minimum Gasteiger partial charge on any atom is -0.456 e. The van der Waals surface area contributed by atoms with E-state index in [9.17, 15) is 0 Å². The van der Waals surface area contributed by atoms with E-state index >= 15 is 0 Å². The van der Waals surface area contributed by atoms with E-state index in [1.165, 1.54) is 44.2 Å². The molecule has 2 nitrogen and oxygen atoms in total. The Balaban J connectivity index is 1.46. The molecule has 10 rings (SSSR count). The SMILES string of the molecule is c1ccc(N(c2ccc3oc4ccccc4c3c2C2(c3ccccc3)c3ccccc3-c3ccccc32)c2cccc3ccccc23)cc1. The van der Waals surface area contributed by atoms with Gasteiger partial charge < -0.3 is 9.32 Å². The molecule has 0 bridgehead atoms. The van der Waals surface area contributed by atoms with Gasteiger partial charge in [-0.2, -0.15) is 0 Å². The summed E-state index contributed by atoms with van der Waals surface area (Å²) in [5, 5.41) is 4.63. The fourth-order valence-corrected chi connectivity index (χ4v) is 8.41. The number of fused-ring (bicyclic) bond motifs is 7. The van der Waals surface area contributed by atoms with Crippen molar-refractivity contribution in [2.75, 3.05) is 4.90 Å². The number of benzene rings is 8. The molecular weight excluding hydrogens is 595 g/mol. The summed E-state index contributed by atoms with van der Waals surface area (Å²) < 4.78 is 6.71. The van der Waals surface area contributed by atoms with Gasteiger partial charge in [-0.1, -0.05) is 152 Å². The monoisotopic (exact) mass is 625 g/mol. The molecule has 0 saturated heterocycles. The third-order valence-corrected chi connectivity index (χ3v) is 10.3. The topological polar surface area (TPSA) is 16.4 Å². The molecular formula is C47H31NO. The molecule has 8 aromatic carbocycles. The first-order valence-corrected chi connectivity index (χ1v) is 16.9. The number of rotatable bonds is 5. The zero-order chi connectivity index (χ0) is 32.4. The second kappa shape index (κ2) is 10.8. The molecule has 0 radical (unpaired) electrons. The first-order chi connectivity index (χ1) is 24.3. The molecule has 0 aliphatic heterocycles. The molecule has 1 heterocycles. The Morgan fingerprint density at radius 1 is 0.408 bits per heavy atom. The average molecular weight is 626 g/mol. The number of furan rings is 1.